The minimum Gasteiger partial charge on any atom is -0.337 e. The minimum atomic E-state index is -0.118. The molecule has 3 heterocycles. The molecule has 1 aliphatic heterocycles. The summed E-state index contributed by atoms with van der Waals surface area (Å²) in [5.41, 5.74) is 1.04. The van der Waals surface area contributed by atoms with E-state index < -0.39 is 0 Å². The molecule has 2 aromatic heterocycles. The van der Waals surface area contributed by atoms with Gasteiger partial charge in [-0.05, 0) is 39.1 Å². The number of hydrogen-bond donors (Lipinski definition) is 1. The zero-order chi connectivity index (χ0) is 19.6. The highest BCUT2D eigenvalue weighted by Crippen LogP contribution is 2.29. The average molecular weight is 407 g/mol. The molecule has 6 nitrogen and oxygen atoms in total. The van der Waals surface area contributed by atoms with Crippen LogP contribution in [0.15, 0.2) is 17.5 Å². The molecular weight excluding hydrogens is 380 g/mol. The molecule has 2 amide bonds. The van der Waals surface area contributed by atoms with Crippen LogP contribution < -0.4 is 5.32 Å². The first-order chi connectivity index (χ1) is 12.8. The Morgan fingerprint density at radius 1 is 1.30 bits per heavy atom. The van der Waals surface area contributed by atoms with Gasteiger partial charge in [0.1, 0.15) is 0 Å². The van der Waals surface area contributed by atoms with Crippen molar-refractivity contribution in [3.05, 3.63) is 33.0 Å². The van der Waals surface area contributed by atoms with Crippen molar-refractivity contribution < 1.29 is 9.59 Å². The van der Waals surface area contributed by atoms with Gasteiger partial charge in [0.2, 0.25) is 5.91 Å². The van der Waals surface area contributed by atoms with Gasteiger partial charge in [-0.2, -0.15) is 0 Å². The molecule has 0 fully saturated rings. The summed E-state index contributed by atoms with van der Waals surface area (Å²) >= 11 is 2.92. The third-order valence-corrected chi connectivity index (χ3v) is 6.40. The summed E-state index contributed by atoms with van der Waals surface area (Å²) in [6.45, 7) is 10.2. The minimum absolute atomic E-state index is 0.118. The van der Waals surface area contributed by atoms with Crippen LogP contribution in [0.4, 0.5) is 5.13 Å². The maximum atomic E-state index is 12.7. The number of carbonyl (C=O) groups excluding carboxylic acids is 2. The van der Waals surface area contributed by atoms with Crippen molar-refractivity contribution in [3.63, 3.8) is 0 Å². The van der Waals surface area contributed by atoms with Gasteiger partial charge in [-0.25, -0.2) is 4.98 Å². The standard InChI is InChI=1S/C19H26N4O2S2/c1-12(2)23(13(3)4)17(24)11-22-8-7-14-16(10-22)27-19(20-14)21-18(25)15-6-5-9-26-15/h5-6,9,12-13H,7-8,10-11H2,1-4H3,(H,20,21,25). The van der Waals surface area contributed by atoms with Crippen LogP contribution >= 0.6 is 22.7 Å². The Balaban J connectivity index is 1.62. The summed E-state index contributed by atoms with van der Waals surface area (Å²) in [5, 5.41) is 5.41. The molecule has 0 saturated heterocycles. The van der Waals surface area contributed by atoms with Gasteiger partial charge in [0.15, 0.2) is 5.13 Å². The number of fused-ring (bicyclic) bond motifs is 1. The molecule has 1 N–H and O–H groups in total. The van der Waals surface area contributed by atoms with Gasteiger partial charge in [0, 0.05) is 36.5 Å². The number of amides is 2. The molecular formula is C19H26N4O2S2. The zero-order valence-electron chi connectivity index (χ0n) is 16.2. The van der Waals surface area contributed by atoms with Crippen molar-refractivity contribution in [1.82, 2.24) is 14.8 Å². The lowest BCUT2D eigenvalue weighted by molar-refractivity contribution is -0.136. The number of aromatic nitrogens is 1. The third kappa shape index (κ3) is 4.75. The maximum absolute atomic E-state index is 12.7. The molecule has 8 heteroatoms. The molecule has 0 radical (unpaired) electrons. The van der Waals surface area contributed by atoms with Crippen LogP contribution in [0.5, 0.6) is 0 Å². The fourth-order valence-corrected chi connectivity index (χ4v) is 5.11. The first-order valence-electron chi connectivity index (χ1n) is 9.22. The lowest BCUT2D eigenvalue weighted by atomic mass is 10.1. The number of carbonyl (C=O) groups is 2. The van der Waals surface area contributed by atoms with Crippen molar-refractivity contribution in [3.8, 4) is 0 Å². The summed E-state index contributed by atoms with van der Waals surface area (Å²) in [4.78, 5) is 35.4. The van der Waals surface area contributed by atoms with Gasteiger partial charge in [0.25, 0.3) is 5.91 Å². The van der Waals surface area contributed by atoms with E-state index in [1.54, 1.807) is 6.07 Å². The van der Waals surface area contributed by atoms with Gasteiger partial charge in [0.05, 0.1) is 17.1 Å². The molecule has 1 aliphatic rings. The monoisotopic (exact) mass is 406 g/mol. The number of nitrogens with zero attached hydrogens (tertiary/aromatic N) is 3. The van der Waals surface area contributed by atoms with Gasteiger partial charge < -0.3 is 4.90 Å². The van der Waals surface area contributed by atoms with E-state index in [9.17, 15) is 9.59 Å². The van der Waals surface area contributed by atoms with Crippen LogP contribution in [0.2, 0.25) is 0 Å². The second kappa shape index (κ2) is 8.50. The Bertz CT molecular complexity index is 791. The number of rotatable bonds is 6. The molecule has 0 aromatic carbocycles. The summed E-state index contributed by atoms with van der Waals surface area (Å²) in [6, 6.07) is 4.05. The number of thiophene rings is 1. The average Bonchev–Trinajstić information content (AvgIpc) is 3.22. The van der Waals surface area contributed by atoms with Crippen LogP contribution in [0.1, 0.15) is 47.9 Å². The van der Waals surface area contributed by atoms with Crippen molar-refractivity contribution in [2.45, 2.75) is 52.7 Å². The highest BCUT2D eigenvalue weighted by molar-refractivity contribution is 7.16. The predicted molar refractivity (Wildman–Crippen MR) is 110 cm³/mol. The Kier molecular flexibility index (Phi) is 6.29. The van der Waals surface area contributed by atoms with Gasteiger partial charge in [-0.3, -0.25) is 19.8 Å². The first-order valence-corrected chi connectivity index (χ1v) is 10.9. The summed E-state index contributed by atoms with van der Waals surface area (Å²) in [7, 11) is 0. The maximum Gasteiger partial charge on any atom is 0.267 e. The molecule has 3 rings (SSSR count). The number of nitrogens with one attached hydrogen (secondary N) is 1. The summed E-state index contributed by atoms with van der Waals surface area (Å²) < 4.78 is 0. The molecule has 0 aliphatic carbocycles. The molecule has 2 aromatic rings. The van der Waals surface area contributed by atoms with Crippen molar-refractivity contribution in [2.24, 2.45) is 0 Å². The van der Waals surface area contributed by atoms with E-state index in [1.807, 2.05) is 16.3 Å². The molecule has 0 saturated carbocycles. The zero-order valence-corrected chi connectivity index (χ0v) is 17.8. The lowest BCUT2D eigenvalue weighted by Gasteiger charge is -2.34. The van der Waals surface area contributed by atoms with E-state index in [0.717, 1.165) is 23.5 Å². The van der Waals surface area contributed by atoms with E-state index >= 15 is 0 Å². The molecule has 0 atom stereocenters. The van der Waals surface area contributed by atoms with Gasteiger partial charge in [-0.1, -0.05) is 6.07 Å². The van der Waals surface area contributed by atoms with Crippen LogP contribution in [0.3, 0.4) is 0 Å². The van der Waals surface area contributed by atoms with Gasteiger partial charge in [-0.15, -0.1) is 22.7 Å². The van der Waals surface area contributed by atoms with E-state index in [1.165, 1.54) is 22.7 Å². The van der Waals surface area contributed by atoms with Crippen molar-refractivity contribution in [1.29, 1.82) is 0 Å². The topological polar surface area (TPSA) is 65.5 Å². The quantitative estimate of drug-likeness (QED) is 0.798. The van der Waals surface area contributed by atoms with E-state index in [0.29, 0.717) is 23.1 Å². The van der Waals surface area contributed by atoms with Crippen molar-refractivity contribution in [2.75, 3.05) is 18.4 Å². The second-order valence-electron chi connectivity index (χ2n) is 7.27. The van der Waals surface area contributed by atoms with Crippen LogP contribution in [0.25, 0.3) is 0 Å². The number of hydrogen-bond acceptors (Lipinski definition) is 6. The Hall–Kier alpha value is -1.77. The third-order valence-electron chi connectivity index (χ3n) is 4.54. The van der Waals surface area contributed by atoms with Crippen LogP contribution in [-0.2, 0) is 17.8 Å². The Labute approximate surface area is 168 Å². The smallest absolute Gasteiger partial charge is 0.267 e. The lowest BCUT2D eigenvalue weighted by Crippen LogP contribution is -2.47. The van der Waals surface area contributed by atoms with Crippen LogP contribution in [0, 0.1) is 0 Å². The number of anilines is 1. The largest absolute Gasteiger partial charge is 0.337 e. The van der Waals surface area contributed by atoms with Crippen molar-refractivity contribution >= 4 is 39.6 Å². The van der Waals surface area contributed by atoms with E-state index in [4.69, 9.17) is 0 Å². The fraction of sp³-hybridized carbons (Fsp3) is 0.526. The van der Waals surface area contributed by atoms with Gasteiger partial charge >= 0.3 is 0 Å². The first kappa shape index (κ1) is 20.0. The molecule has 0 spiro atoms. The highest BCUT2D eigenvalue weighted by atomic mass is 32.1. The molecule has 27 heavy (non-hydrogen) atoms. The molecule has 0 unspecified atom stereocenters. The summed E-state index contributed by atoms with van der Waals surface area (Å²) in [6.07, 6.45) is 0.803. The molecule has 0 bridgehead atoms. The SMILES string of the molecule is CC(C)N(C(=O)CN1CCc2nc(NC(=O)c3cccs3)sc2C1)C(C)C. The predicted octanol–water partition coefficient (Wildman–Crippen LogP) is 3.46. The van der Waals surface area contributed by atoms with Crippen LogP contribution in [-0.4, -0.2) is 51.8 Å². The molecule has 146 valence electrons. The second-order valence-corrected chi connectivity index (χ2v) is 9.30. The fourth-order valence-electron chi connectivity index (χ4n) is 3.45. The normalized spacial score (nSPS) is 14.4. The van der Waals surface area contributed by atoms with E-state index in [2.05, 4.69) is 42.9 Å². The van der Waals surface area contributed by atoms with E-state index in [-0.39, 0.29) is 23.9 Å². The summed E-state index contributed by atoms with van der Waals surface area (Å²) in [5.74, 6) is 0.0480. The Morgan fingerprint density at radius 3 is 2.67 bits per heavy atom. The Morgan fingerprint density at radius 2 is 2.04 bits per heavy atom. The number of thiazole rings is 1. The highest BCUT2D eigenvalue weighted by Gasteiger charge is 2.26.